The molecule has 0 saturated heterocycles. The summed E-state index contributed by atoms with van der Waals surface area (Å²) in [6, 6.07) is 5.35. The Kier molecular flexibility index (Phi) is 6.32. The van der Waals surface area contributed by atoms with Crippen molar-refractivity contribution in [1.82, 2.24) is 5.32 Å². The third-order valence-electron chi connectivity index (χ3n) is 2.17. The molecule has 0 bridgehead atoms. The summed E-state index contributed by atoms with van der Waals surface area (Å²) < 4.78 is 4.94. The maximum Gasteiger partial charge on any atom is 0.230 e. The molecular weight excluding hydrogens is 272 g/mol. The standard InChI is InChI=1S/C12H17ClN2O2S/c1-8(6-17-2)15-12(16)7-18-9-3-4-11(14)10(13)5-9/h3-5,8H,6-7,14H2,1-2H3,(H,15,16). The molecule has 1 aromatic rings. The maximum absolute atomic E-state index is 11.6. The number of nitrogen functional groups attached to an aromatic ring is 1. The highest BCUT2D eigenvalue weighted by atomic mass is 35.5. The van der Waals surface area contributed by atoms with Crippen molar-refractivity contribution in [2.75, 3.05) is 25.2 Å². The molecule has 6 heteroatoms. The predicted molar refractivity (Wildman–Crippen MR) is 76.1 cm³/mol. The number of nitrogens with one attached hydrogen (secondary N) is 1. The molecule has 0 fully saturated rings. The van der Waals surface area contributed by atoms with E-state index in [0.717, 1.165) is 4.90 Å². The first kappa shape index (κ1) is 15.1. The molecule has 1 atom stereocenters. The number of anilines is 1. The van der Waals surface area contributed by atoms with Gasteiger partial charge >= 0.3 is 0 Å². The molecule has 1 unspecified atom stereocenters. The minimum absolute atomic E-state index is 0.0121. The SMILES string of the molecule is COCC(C)NC(=O)CSc1ccc(N)c(Cl)c1. The first-order valence-corrected chi connectivity index (χ1v) is 6.85. The summed E-state index contributed by atoms with van der Waals surface area (Å²) in [5.74, 6) is 0.311. The zero-order valence-electron chi connectivity index (χ0n) is 10.4. The molecule has 100 valence electrons. The highest BCUT2D eigenvalue weighted by Crippen LogP contribution is 2.26. The summed E-state index contributed by atoms with van der Waals surface area (Å²) in [5, 5.41) is 3.34. The van der Waals surface area contributed by atoms with Crippen molar-refractivity contribution in [3.8, 4) is 0 Å². The largest absolute Gasteiger partial charge is 0.398 e. The minimum Gasteiger partial charge on any atom is -0.398 e. The van der Waals surface area contributed by atoms with Gasteiger partial charge in [-0.15, -0.1) is 11.8 Å². The number of halogens is 1. The number of amides is 1. The maximum atomic E-state index is 11.6. The van der Waals surface area contributed by atoms with Crippen molar-refractivity contribution in [2.45, 2.75) is 17.9 Å². The Bertz CT molecular complexity index is 415. The number of nitrogens with two attached hydrogens (primary N) is 1. The van der Waals surface area contributed by atoms with E-state index in [9.17, 15) is 4.79 Å². The molecule has 0 aromatic heterocycles. The first-order valence-electron chi connectivity index (χ1n) is 5.49. The molecule has 1 rings (SSSR count). The van der Waals surface area contributed by atoms with Gasteiger partial charge in [0, 0.05) is 18.0 Å². The Hall–Kier alpha value is -0.910. The summed E-state index contributed by atoms with van der Waals surface area (Å²) >= 11 is 7.32. The van der Waals surface area contributed by atoms with E-state index in [1.54, 1.807) is 19.2 Å². The first-order chi connectivity index (χ1) is 8.52. The lowest BCUT2D eigenvalue weighted by molar-refractivity contribution is -0.119. The van der Waals surface area contributed by atoms with Gasteiger partial charge in [0.15, 0.2) is 0 Å². The second kappa shape index (κ2) is 7.51. The van der Waals surface area contributed by atoms with Crippen LogP contribution in [-0.4, -0.2) is 31.4 Å². The summed E-state index contributed by atoms with van der Waals surface area (Å²) in [5.41, 5.74) is 6.15. The fraction of sp³-hybridized carbons (Fsp3) is 0.417. The zero-order valence-corrected chi connectivity index (χ0v) is 12.0. The van der Waals surface area contributed by atoms with Crippen molar-refractivity contribution in [2.24, 2.45) is 0 Å². The highest BCUT2D eigenvalue weighted by molar-refractivity contribution is 8.00. The van der Waals surface area contributed by atoms with Crippen LogP contribution in [0.4, 0.5) is 5.69 Å². The van der Waals surface area contributed by atoms with Gasteiger partial charge in [0.1, 0.15) is 0 Å². The van der Waals surface area contributed by atoms with Crippen LogP contribution in [0.2, 0.25) is 5.02 Å². The number of methoxy groups -OCH3 is 1. The summed E-state index contributed by atoms with van der Waals surface area (Å²) in [6.07, 6.45) is 0. The smallest absolute Gasteiger partial charge is 0.230 e. The molecule has 3 N–H and O–H groups in total. The number of benzene rings is 1. The van der Waals surface area contributed by atoms with Crippen LogP contribution in [0.5, 0.6) is 0 Å². The fourth-order valence-corrected chi connectivity index (χ4v) is 2.35. The average Bonchev–Trinajstić information content (AvgIpc) is 2.31. The molecule has 0 aliphatic heterocycles. The van der Waals surface area contributed by atoms with Crippen LogP contribution >= 0.6 is 23.4 Å². The fourth-order valence-electron chi connectivity index (χ4n) is 1.35. The normalized spacial score (nSPS) is 12.2. The molecule has 4 nitrogen and oxygen atoms in total. The molecule has 1 amide bonds. The van der Waals surface area contributed by atoms with E-state index in [4.69, 9.17) is 22.1 Å². The van der Waals surface area contributed by atoms with E-state index < -0.39 is 0 Å². The molecule has 18 heavy (non-hydrogen) atoms. The van der Waals surface area contributed by atoms with Crippen molar-refractivity contribution in [3.63, 3.8) is 0 Å². The average molecular weight is 289 g/mol. The highest BCUT2D eigenvalue weighted by Gasteiger charge is 2.08. The van der Waals surface area contributed by atoms with E-state index in [1.807, 2.05) is 13.0 Å². The lowest BCUT2D eigenvalue weighted by Crippen LogP contribution is -2.36. The Balaban J connectivity index is 2.40. The molecule has 1 aromatic carbocycles. The zero-order chi connectivity index (χ0) is 13.5. The second-order valence-corrected chi connectivity index (χ2v) is 5.35. The Morgan fingerprint density at radius 3 is 2.94 bits per heavy atom. The van der Waals surface area contributed by atoms with Crippen molar-refractivity contribution < 1.29 is 9.53 Å². The Morgan fingerprint density at radius 2 is 2.33 bits per heavy atom. The van der Waals surface area contributed by atoms with Gasteiger partial charge in [-0.05, 0) is 25.1 Å². The molecule has 0 radical (unpaired) electrons. The Morgan fingerprint density at radius 1 is 1.61 bits per heavy atom. The van der Waals surface area contributed by atoms with E-state index >= 15 is 0 Å². The third kappa shape index (κ3) is 5.16. The van der Waals surface area contributed by atoms with E-state index in [-0.39, 0.29) is 11.9 Å². The molecule has 0 spiro atoms. The van der Waals surface area contributed by atoms with Gasteiger partial charge in [0.05, 0.1) is 23.1 Å². The summed E-state index contributed by atoms with van der Waals surface area (Å²) in [7, 11) is 1.60. The number of carbonyl (C=O) groups is 1. The molecular formula is C12H17ClN2O2S. The van der Waals surface area contributed by atoms with Crippen LogP contribution in [0.1, 0.15) is 6.92 Å². The third-order valence-corrected chi connectivity index (χ3v) is 3.49. The van der Waals surface area contributed by atoms with Crippen LogP contribution in [0.15, 0.2) is 23.1 Å². The van der Waals surface area contributed by atoms with Crippen LogP contribution in [0, 0.1) is 0 Å². The van der Waals surface area contributed by atoms with Gasteiger partial charge in [-0.25, -0.2) is 0 Å². The second-order valence-electron chi connectivity index (χ2n) is 3.90. The van der Waals surface area contributed by atoms with Gasteiger partial charge in [-0.3, -0.25) is 4.79 Å². The van der Waals surface area contributed by atoms with E-state index in [2.05, 4.69) is 5.32 Å². The molecule has 0 heterocycles. The summed E-state index contributed by atoms with van der Waals surface area (Å²) in [4.78, 5) is 12.5. The van der Waals surface area contributed by atoms with E-state index in [0.29, 0.717) is 23.1 Å². The quantitative estimate of drug-likeness (QED) is 0.622. The monoisotopic (exact) mass is 288 g/mol. The number of carbonyl (C=O) groups excluding carboxylic acids is 1. The number of rotatable bonds is 6. The van der Waals surface area contributed by atoms with Gasteiger partial charge in [-0.1, -0.05) is 11.6 Å². The van der Waals surface area contributed by atoms with Crippen molar-refractivity contribution in [1.29, 1.82) is 0 Å². The number of ether oxygens (including phenoxy) is 1. The van der Waals surface area contributed by atoms with Gasteiger partial charge in [0.2, 0.25) is 5.91 Å². The lowest BCUT2D eigenvalue weighted by atomic mass is 10.3. The molecule has 0 aliphatic rings. The van der Waals surface area contributed by atoms with Crippen LogP contribution < -0.4 is 11.1 Å². The Labute approximate surface area is 116 Å². The van der Waals surface area contributed by atoms with Crippen LogP contribution in [0.25, 0.3) is 0 Å². The van der Waals surface area contributed by atoms with Crippen molar-refractivity contribution in [3.05, 3.63) is 23.2 Å². The number of thioether (sulfide) groups is 1. The van der Waals surface area contributed by atoms with Crippen molar-refractivity contribution >= 4 is 35.0 Å². The molecule has 0 aliphatic carbocycles. The number of hydrogen-bond acceptors (Lipinski definition) is 4. The van der Waals surface area contributed by atoms with Gasteiger partial charge in [-0.2, -0.15) is 0 Å². The topological polar surface area (TPSA) is 64.3 Å². The van der Waals surface area contributed by atoms with Crippen LogP contribution in [0.3, 0.4) is 0 Å². The lowest BCUT2D eigenvalue weighted by Gasteiger charge is -2.12. The van der Waals surface area contributed by atoms with E-state index in [1.165, 1.54) is 11.8 Å². The minimum atomic E-state index is -0.0301. The van der Waals surface area contributed by atoms with Gasteiger partial charge in [0.25, 0.3) is 0 Å². The van der Waals surface area contributed by atoms with Gasteiger partial charge < -0.3 is 15.8 Å². The van der Waals surface area contributed by atoms with Crippen LogP contribution in [-0.2, 0) is 9.53 Å². The predicted octanol–water partition coefficient (Wildman–Crippen LogP) is 2.17. The molecule has 0 saturated carbocycles. The number of hydrogen-bond donors (Lipinski definition) is 2. The summed E-state index contributed by atoms with van der Waals surface area (Å²) in [6.45, 7) is 2.40.